The topological polar surface area (TPSA) is 113 Å². The first-order chi connectivity index (χ1) is 24.2. The van der Waals surface area contributed by atoms with Crippen LogP contribution in [-0.4, -0.2) is 77.8 Å². The quantitative estimate of drug-likeness (QED) is 0.172. The SMILES string of the molecule is COc1cc2c(cc1-c1cccc(OCCCNC(=O)OC(C)(C)C)c1)-c1c(c(C(=O)N3CCOCC3(C)C)nn1-c1cc(Cl)cc(Cl)c1)CO2. The van der Waals surface area contributed by atoms with E-state index in [-0.39, 0.29) is 18.2 Å². The number of alkyl carbamates (subject to hydrolysis) is 1. The molecule has 51 heavy (non-hydrogen) atoms. The van der Waals surface area contributed by atoms with Crippen LogP contribution < -0.4 is 19.5 Å². The molecule has 0 bridgehead atoms. The average Bonchev–Trinajstić information content (AvgIpc) is 3.46. The molecule has 1 aromatic heterocycles. The minimum Gasteiger partial charge on any atom is -0.496 e. The summed E-state index contributed by atoms with van der Waals surface area (Å²) in [6.45, 7) is 11.6. The number of halogens is 2. The number of amides is 2. The van der Waals surface area contributed by atoms with E-state index in [4.69, 9.17) is 52.0 Å². The molecule has 2 aliphatic rings. The lowest BCUT2D eigenvalue weighted by Crippen LogP contribution is -2.55. The molecule has 270 valence electrons. The first kappa shape index (κ1) is 36.3. The third kappa shape index (κ3) is 8.06. The number of hydrogen-bond donors (Lipinski definition) is 1. The Labute approximate surface area is 307 Å². The van der Waals surface area contributed by atoms with Crippen molar-refractivity contribution in [1.29, 1.82) is 0 Å². The minimum absolute atomic E-state index is 0.122. The number of morpholine rings is 1. The fourth-order valence-corrected chi connectivity index (χ4v) is 6.69. The van der Waals surface area contributed by atoms with Crippen LogP contribution in [0.25, 0.3) is 28.1 Å². The van der Waals surface area contributed by atoms with E-state index in [1.807, 2.05) is 75.9 Å². The Bertz CT molecular complexity index is 1930. The summed E-state index contributed by atoms with van der Waals surface area (Å²) in [7, 11) is 1.61. The number of ether oxygens (including phenoxy) is 5. The third-order valence-electron chi connectivity index (χ3n) is 8.50. The van der Waals surface area contributed by atoms with Crippen molar-refractivity contribution in [3.63, 3.8) is 0 Å². The number of nitrogens with zero attached hydrogens (tertiary/aromatic N) is 3. The molecule has 0 atom stereocenters. The normalized spacial score (nSPS) is 14.9. The molecule has 3 heterocycles. The highest BCUT2D eigenvalue weighted by Crippen LogP contribution is 2.47. The summed E-state index contributed by atoms with van der Waals surface area (Å²) in [4.78, 5) is 28.0. The lowest BCUT2D eigenvalue weighted by Gasteiger charge is -2.41. The molecule has 2 aliphatic heterocycles. The molecule has 0 spiro atoms. The standard InChI is InChI=1S/C38H42Cl2N4O7/c1-37(2,3)51-36(46)41-11-8-13-49-27-10-7-9-23(15-27)28-19-29-32(20-31(28)47-6)50-21-30-33(35(45)43-12-14-48-22-38(43,4)5)42-44(34(29)30)26-17-24(39)16-25(40)18-26/h7,9-10,15-20H,8,11-14,21-22H2,1-6H3,(H,41,46). The van der Waals surface area contributed by atoms with Crippen LogP contribution in [0, 0.1) is 0 Å². The predicted molar refractivity (Wildman–Crippen MR) is 196 cm³/mol. The second-order valence-corrected chi connectivity index (χ2v) is 14.9. The van der Waals surface area contributed by atoms with Gasteiger partial charge in [0, 0.05) is 45.9 Å². The fourth-order valence-electron chi connectivity index (χ4n) is 6.18. The maximum atomic E-state index is 14.2. The molecule has 1 saturated heterocycles. The van der Waals surface area contributed by atoms with Crippen LogP contribution in [-0.2, 0) is 16.1 Å². The Morgan fingerprint density at radius 1 is 1.04 bits per heavy atom. The van der Waals surface area contributed by atoms with E-state index >= 15 is 0 Å². The minimum atomic E-state index is -0.561. The Morgan fingerprint density at radius 2 is 1.80 bits per heavy atom. The number of hydrogen-bond acceptors (Lipinski definition) is 8. The zero-order chi connectivity index (χ0) is 36.5. The van der Waals surface area contributed by atoms with Crippen molar-refractivity contribution >= 4 is 35.2 Å². The maximum Gasteiger partial charge on any atom is 0.407 e. The molecule has 6 rings (SSSR count). The fraction of sp³-hybridized carbons (Fsp3) is 0.395. The molecule has 0 aliphatic carbocycles. The average molecular weight is 738 g/mol. The molecule has 3 aromatic carbocycles. The van der Waals surface area contributed by atoms with Crippen molar-refractivity contribution < 1.29 is 33.3 Å². The van der Waals surface area contributed by atoms with E-state index in [9.17, 15) is 9.59 Å². The number of fused-ring (bicyclic) bond motifs is 3. The highest BCUT2D eigenvalue weighted by atomic mass is 35.5. The van der Waals surface area contributed by atoms with Crippen LogP contribution in [0.4, 0.5) is 4.79 Å². The molecule has 11 nitrogen and oxygen atoms in total. The van der Waals surface area contributed by atoms with Gasteiger partial charge in [-0.2, -0.15) is 5.10 Å². The van der Waals surface area contributed by atoms with Gasteiger partial charge in [-0.3, -0.25) is 4.79 Å². The van der Waals surface area contributed by atoms with Crippen molar-refractivity contribution in [2.45, 2.75) is 58.8 Å². The van der Waals surface area contributed by atoms with Gasteiger partial charge in [0.05, 0.1) is 43.9 Å². The summed E-state index contributed by atoms with van der Waals surface area (Å²) >= 11 is 12.9. The maximum absolute atomic E-state index is 14.2. The first-order valence-corrected chi connectivity index (χ1v) is 17.5. The Morgan fingerprint density at radius 3 is 2.51 bits per heavy atom. The molecule has 0 saturated carbocycles. The lowest BCUT2D eigenvalue weighted by atomic mass is 9.95. The van der Waals surface area contributed by atoms with E-state index in [2.05, 4.69) is 5.32 Å². The van der Waals surface area contributed by atoms with Gasteiger partial charge in [0.1, 0.15) is 29.5 Å². The number of methoxy groups -OCH3 is 1. The van der Waals surface area contributed by atoms with Crippen molar-refractivity contribution in [1.82, 2.24) is 20.0 Å². The number of carbonyl (C=O) groups is 2. The molecule has 13 heteroatoms. The van der Waals surface area contributed by atoms with Crippen molar-refractivity contribution in [2.24, 2.45) is 0 Å². The number of nitrogens with one attached hydrogen (secondary N) is 1. The van der Waals surface area contributed by atoms with Crippen LogP contribution in [0.3, 0.4) is 0 Å². The number of benzene rings is 3. The molecule has 2 amide bonds. The van der Waals surface area contributed by atoms with Crippen LogP contribution in [0.5, 0.6) is 17.2 Å². The molecular weight excluding hydrogens is 695 g/mol. The smallest absolute Gasteiger partial charge is 0.407 e. The predicted octanol–water partition coefficient (Wildman–Crippen LogP) is 7.96. The van der Waals surface area contributed by atoms with E-state index < -0.39 is 17.2 Å². The van der Waals surface area contributed by atoms with Crippen molar-refractivity contribution in [3.05, 3.63) is 75.9 Å². The van der Waals surface area contributed by atoms with Gasteiger partial charge in [-0.25, -0.2) is 9.48 Å². The highest BCUT2D eigenvalue weighted by Gasteiger charge is 2.39. The monoisotopic (exact) mass is 736 g/mol. The summed E-state index contributed by atoms with van der Waals surface area (Å²) < 4.78 is 30.9. The number of aromatic nitrogens is 2. The van der Waals surface area contributed by atoms with Crippen LogP contribution in [0.15, 0.2) is 54.6 Å². The second-order valence-electron chi connectivity index (χ2n) is 14.0. The summed E-state index contributed by atoms with van der Waals surface area (Å²) in [6.07, 6.45) is 0.128. The molecule has 1 fully saturated rings. The van der Waals surface area contributed by atoms with Gasteiger partial charge < -0.3 is 33.9 Å². The van der Waals surface area contributed by atoms with Gasteiger partial charge >= 0.3 is 6.09 Å². The van der Waals surface area contributed by atoms with Crippen LogP contribution in [0.1, 0.15) is 57.1 Å². The molecular formula is C38H42Cl2N4O7. The Kier molecular flexibility index (Phi) is 10.4. The highest BCUT2D eigenvalue weighted by molar-refractivity contribution is 6.34. The molecule has 1 N–H and O–H groups in total. The molecule has 0 unspecified atom stereocenters. The van der Waals surface area contributed by atoms with E-state index in [0.29, 0.717) is 83.6 Å². The molecule has 4 aromatic rings. The summed E-state index contributed by atoms with van der Waals surface area (Å²) in [6, 6.07) is 16.7. The number of rotatable bonds is 9. The third-order valence-corrected chi connectivity index (χ3v) is 8.94. The van der Waals surface area contributed by atoms with Gasteiger partial charge in [-0.05, 0) is 83.0 Å². The lowest BCUT2D eigenvalue weighted by molar-refractivity contribution is -0.0374. The zero-order valence-electron chi connectivity index (χ0n) is 29.6. The van der Waals surface area contributed by atoms with Crippen LogP contribution in [0.2, 0.25) is 10.0 Å². The van der Waals surface area contributed by atoms with Crippen LogP contribution >= 0.6 is 23.2 Å². The summed E-state index contributed by atoms with van der Waals surface area (Å²) in [5.74, 6) is 1.62. The van der Waals surface area contributed by atoms with Gasteiger partial charge in [0.25, 0.3) is 5.91 Å². The van der Waals surface area contributed by atoms with E-state index in [0.717, 1.165) is 16.7 Å². The largest absolute Gasteiger partial charge is 0.496 e. The van der Waals surface area contributed by atoms with Gasteiger partial charge in [-0.1, -0.05) is 35.3 Å². The summed E-state index contributed by atoms with van der Waals surface area (Å²) in [5.41, 5.74) is 3.49. The Balaban J connectivity index is 1.35. The van der Waals surface area contributed by atoms with Gasteiger partial charge in [-0.15, -0.1) is 0 Å². The van der Waals surface area contributed by atoms with Gasteiger partial charge in [0.2, 0.25) is 0 Å². The zero-order valence-corrected chi connectivity index (χ0v) is 31.1. The van der Waals surface area contributed by atoms with Crippen molar-refractivity contribution in [3.8, 4) is 45.3 Å². The van der Waals surface area contributed by atoms with Gasteiger partial charge in [0.15, 0.2) is 5.69 Å². The number of carbonyl (C=O) groups excluding carboxylic acids is 2. The Hall–Kier alpha value is -4.45. The van der Waals surface area contributed by atoms with E-state index in [1.54, 1.807) is 30.0 Å². The first-order valence-electron chi connectivity index (χ1n) is 16.8. The molecule has 0 radical (unpaired) electrons. The van der Waals surface area contributed by atoms with Crippen molar-refractivity contribution in [2.75, 3.05) is 40.0 Å². The van der Waals surface area contributed by atoms with E-state index in [1.165, 1.54) is 0 Å². The second kappa shape index (κ2) is 14.7. The summed E-state index contributed by atoms with van der Waals surface area (Å²) in [5, 5.41) is 8.54.